The Hall–Kier alpha value is -0.840. The van der Waals surface area contributed by atoms with Crippen molar-refractivity contribution in [1.29, 1.82) is 0 Å². The molecule has 1 saturated heterocycles. The SMILES string of the molecule is Cn1c(C2(C3(O)C=CCCC3)SCCCS2)cc2ccccc21. The Morgan fingerprint density at radius 3 is 2.61 bits per heavy atom. The number of hydrogen-bond donors (Lipinski definition) is 1. The van der Waals surface area contributed by atoms with Crippen LogP contribution in [0.2, 0.25) is 0 Å². The first-order chi connectivity index (χ1) is 11.2. The summed E-state index contributed by atoms with van der Waals surface area (Å²) in [5.74, 6) is 2.23. The Kier molecular flexibility index (Phi) is 4.02. The number of hydrogen-bond acceptors (Lipinski definition) is 3. The summed E-state index contributed by atoms with van der Waals surface area (Å²) in [6, 6.07) is 10.8. The lowest BCUT2D eigenvalue weighted by Gasteiger charge is -2.48. The van der Waals surface area contributed by atoms with Crippen molar-refractivity contribution < 1.29 is 5.11 Å². The fraction of sp³-hybridized carbons (Fsp3) is 0.474. The van der Waals surface area contributed by atoms with Gasteiger partial charge in [0.05, 0.1) is 0 Å². The van der Waals surface area contributed by atoms with E-state index in [1.54, 1.807) is 0 Å². The minimum Gasteiger partial charge on any atom is -0.383 e. The quantitative estimate of drug-likeness (QED) is 0.801. The van der Waals surface area contributed by atoms with Gasteiger partial charge in [0, 0.05) is 18.3 Å². The van der Waals surface area contributed by atoms with E-state index in [0.717, 1.165) is 30.8 Å². The number of nitrogens with zero attached hydrogens (tertiary/aromatic N) is 1. The molecule has 23 heavy (non-hydrogen) atoms. The highest BCUT2D eigenvalue weighted by Crippen LogP contribution is 2.59. The predicted molar refractivity (Wildman–Crippen MR) is 102 cm³/mol. The molecule has 1 fully saturated rings. The van der Waals surface area contributed by atoms with Crippen LogP contribution in [-0.2, 0) is 11.1 Å². The molecule has 4 rings (SSSR count). The Balaban J connectivity index is 1.92. The van der Waals surface area contributed by atoms with Crippen molar-refractivity contribution in [3.63, 3.8) is 0 Å². The van der Waals surface area contributed by atoms with E-state index < -0.39 is 5.60 Å². The van der Waals surface area contributed by atoms with E-state index in [1.807, 2.05) is 23.5 Å². The van der Waals surface area contributed by atoms with Crippen molar-refractivity contribution in [2.75, 3.05) is 11.5 Å². The molecule has 1 aromatic heterocycles. The lowest BCUT2D eigenvalue weighted by atomic mass is 9.86. The van der Waals surface area contributed by atoms with Gasteiger partial charge >= 0.3 is 0 Å². The zero-order valence-electron chi connectivity index (χ0n) is 13.5. The standard InChI is InChI=1S/C19H23NOS2/c1-20-16-9-4-3-8-15(16)14-17(20)19(22-12-7-13-23-19)18(21)10-5-2-6-11-18/h3-5,8-10,14,21H,2,6-7,11-13H2,1H3. The lowest BCUT2D eigenvalue weighted by Crippen LogP contribution is -2.49. The second kappa shape index (κ2) is 5.91. The minimum absolute atomic E-state index is 0.296. The maximum absolute atomic E-state index is 11.6. The van der Waals surface area contributed by atoms with E-state index in [0.29, 0.717) is 0 Å². The molecule has 1 atom stereocenters. The summed E-state index contributed by atoms with van der Waals surface area (Å²) in [5, 5.41) is 12.9. The third kappa shape index (κ3) is 2.38. The van der Waals surface area contributed by atoms with Crippen molar-refractivity contribution in [2.45, 2.75) is 35.4 Å². The molecule has 2 aliphatic rings. The zero-order valence-corrected chi connectivity index (χ0v) is 15.1. The van der Waals surface area contributed by atoms with E-state index in [-0.39, 0.29) is 4.08 Å². The van der Waals surface area contributed by atoms with Gasteiger partial charge in [-0.2, -0.15) is 0 Å². The topological polar surface area (TPSA) is 25.2 Å². The average molecular weight is 346 g/mol. The highest BCUT2D eigenvalue weighted by atomic mass is 32.2. The van der Waals surface area contributed by atoms with Crippen LogP contribution in [0.25, 0.3) is 10.9 Å². The number of rotatable bonds is 2. The number of aliphatic hydroxyl groups is 1. The Morgan fingerprint density at radius 1 is 1.13 bits per heavy atom. The van der Waals surface area contributed by atoms with Gasteiger partial charge in [-0.1, -0.05) is 30.4 Å². The Bertz CT molecular complexity index is 745. The van der Waals surface area contributed by atoms with E-state index in [2.05, 4.69) is 54.1 Å². The molecule has 2 nitrogen and oxygen atoms in total. The van der Waals surface area contributed by atoms with Crippen LogP contribution in [0.3, 0.4) is 0 Å². The highest BCUT2D eigenvalue weighted by Gasteiger charge is 2.53. The van der Waals surface area contributed by atoms with Gasteiger partial charge in [-0.15, -0.1) is 23.5 Å². The number of thioether (sulfide) groups is 2. The first-order valence-corrected chi connectivity index (χ1v) is 10.4. The summed E-state index contributed by atoms with van der Waals surface area (Å²) in [5.41, 5.74) is 1.74. The highest BCUT2D eigenvalue weighted by molar-refractivity contribution is 8.18. The van der Waals surface area contributed by atoms with Crippen molar-refractivity contribution in [3.8, 4) is 0 Å². The molecule has 0 radical (unpaired) electrons. The molecule has 122 valence electrons. The van der Waals surface area contributed by atoms with Crippen LogP contribution in [0, 0.1) is 0 Å². The van der Waals surface area contributed by atoms with Crippen molar-refractivity contribution in [1.82, 2.24) is 4.57 Å². The largest absolute Gasteiger partial charge is 0.383 e. The summed E-state index contributed by atoms with van der Waals surface area (Å²) in [6.07, 6.45) is 8.48. The molecule has 1 N–H and O–H groups in total. The minimum atomic E-state index is -0.761. The Labute approximate surface area is 146 Å². The number of benzene rings is 1. The third-order valence-electron chi connectivity index (χ3n) is 5.08. The summed E-state index contributed by atoms with van der Waals surface area (Å²) in [6.45, 7) is 0. The van der Waals surface area contributed by atoms with Crippen LogP contribution in [0.4, 0.5) is 0 Å². The Morgan fingerprint density at radius 2 is 1.91 bits per heavy atom. The average Bonchev–Trinajstić information content (AvgIpc) is 2.94. The summed E-state index contributed by atoms with van der Waals surface area (Å²) >= 11 is 3.88. The predicted octanol–water partition coefficient (Wildman–Crippen LogP) is 4.67. The maximum Gasteiger partial charge on any atom is 0.133 e. The van der Waals surface area contributed by atoms with Gasteiger partial charge in [0.15, 0.2) is 0 Å². The van der Waals surface area contributed by atoms with Crippen LogP contribution >= 0.6 is 23.5 Å². The van der Waals surface area contributed by atoms with Crippen LogP contribution in [0.5, 0.6) is 0 Å². The van der Waals surface area contributed by atoms with Gasteiger partial charge in [-0.3, -0.25) is 0 Å². The smallest absolute Gasteiger partial charge is 0.133 e. The fourth-order valence-corrected chi connectivity index (χ4v) is 7.58. The summed E-state index contributed by atoms with van der Waals surface area (Å²) < 4.78 is 2.00. The van der Waals surface area contributed by atoms with Crippen molar-refractivity contribution >= 4 is 34.4 Å². The fourth-order valence-electron chi connectivity index (χ4n) is 3.88. The molecule has 0 saturated carbocycles. The van der Waals surface area contributed by atoms with Crippen molar-refractivity contribution in [3.05, 3.63) is 48.2 Å². The first kappa shape index (κ1) is 15.7. The third-order valence-corrected chi connectivity index (χ3v) is 8.71. The van der Waals surface area contributed by atoms with Gasteiger partial charge in [-0.25, -0.2) is 0 Å². The summed E-state index contributed by atoms with van der Waals surface area (Å²) in [4.78, 5) is 0. The monoisotopic (exact) mass is 345 g/mol. The number of allylic oxidation sites excluding steroid dienone is 1. The normalized spacial score (nSPS) is 27.4. The second-order valence-electron chi connectivity index (χ2n) is 6.53. The molecule has 2 heterocycles. The van der Waals surface area contributed by atoms with Gasteiger partial charge in [0.2, 0.25) is 0 Å². The summed E-state index contributed by atoms with van der Waals surface area (Å²) in [7, 11) is 2.14. The second-order valence-corrected chi connectivity index (χ2v) is 9.41. The molecule has 1 unspecified atom stereocenters. The number of fused-ring (bicyclic) bond motifs is 1. The molecule has 1 aliphatic carbocycles. The van der Waals surface area contributed by atoms with Crippen LogP contribution in [0.15, 0.2) is 42.5 Å². The van der Waals surface area contributed by atoms with E-state index in [1.165, 1.54) is 23.0 Å². The molecular weight excluding hydrogens is 322 g/mol. The molecule has 0 amide bonds. The first-order valence-electron chi connectivity index (χ1n) is 8.39. The van der Waals surface area contributed by atoms with E-state index in [9.17, 15) is 5.11 Å². The van der Waals surface area contributed by atoms with Crippen molar-refractivity contribution in [2.24, 2.45) is 7.05 Å². The molecular formula is C19H23NOS2. The molecule has 1 aromatic carbocycles. The zero-order chi connectivity index (χ0) is 15.9. The van der Waals surface area contributed by atoms with Gasteiger partial charge in [0.25, 0.3) is 0 Å². The van der Waals surface area contributed by atoms with Crippen LogP contribution < -0.4 is 0 Å². The van der Waals surface area contributed by atoms with E-state index in [4.69, 9.17) is 0 Å². The number of aryl methyl sites for hydroxylation is 1. The van der Waals surface area contributed by atoms with Crippen LogP contribution in [-0.4, -0.2) is 26.8 Å². The molecule has 1 aliphatic heterocycles. The van der Waals surface area contributed by atoms with Gasteiger partial charge in [-0.05, 0) is 54.7 Å². The molecule has 2 aromatic rings. The van der Waals surface area contributed by atoms with Gasteiger partial charge < -0.3 is 9.67 Å². The van der Waals surface area contributed by atoms with Gasteiger partial charge in [0.1, 0.15) is 9.68 Å². The van der Waals surface area contributed by atoms with Crippen LogP contribution in [0.1, 0.15) is 31.4 Å². The lowest BCUT2D eigenvalue weighted by molar-refractivity contribution is 0.0590. The molecule has 4 heteroatoms. The van der Waals surface area contributed by atoms with E-state index >= 15 is 0 Å². The molecule has 0 spiro atoms. The number of aromatic nitrogens is 1. The molecule has 0 bridgehead atoms. The maximum atomic E-state index is 11.6. The number of para-hydroxylation sites is 1.